The second-order valence-electron chi connectivity index (χ2n) is 6.55. The van der Waals surface area contributed by atoms with Crippen molar-refractivity contribution in [3.05, 3.63) is 40.7 Å². The molecule has 0 amide bonds. The van der Waals surface area contributed by atoms with E-state index in [9.17, 15) is 10.1 Å². The van der Waals surface area contributed by atoms with Gasteiger partial charge in [-0.1, -0.05) is 6.07 Å². The van der Waals surface area contributed by atoms with E-state index in [0.29, 0.717) is 35.2 Å². The molecule has 3 heterocycles. The van der Waals surface area contributed by atoms with Crippen molar-refractivity contribution < 1.29 is 9.66 Å². The minimum Gasteiger partial charge on any atom is -0.376 e. The number of benzene rings is 1. The van der Waals surface area contributed by atoms with Gasteiger partial charge in [-0.25, -0.2) is 4.98 Å². The molecule has 0 spiro atoms. The molecular weight excluding hydrogens is 362 g/mol. The van der Waals surface area contributed by atoms with Crippen molar-refractivity contribution in [2.45, 2.75) is 32.4 Å². The Labute approximate surface area is 161 Å². The van der Waals surface area contributed by atoms with Crippen molar-refractivity contribution in [1.82, 2.24) is 19.5 Å². The Kier molecular flexibility index (Phi) is 5.02. The molecule has 1 saturated heterocycles. The maximum Gasteiger partial charge on any atom is 0.271 e. The summed E-state index contributed by atoms with van der Waals surface area (Å²) >= 11 is 0. The summed E-state index contributed by atoms with van der Waals surface area (Å²) in [5.74, 6) is 0.957. The van der Waals surface area contributed by atoms with Crippen LogP contribution in [0.4, 0.5) is 23.1 Å². The first kappa shape index (κ1) is 18.1. The average molecular weight is 383 g/mol. The molecule has 1 unspecified atom stereocenters. The fourth-order valence-corrected chi connectivity index (χ4v) is 3.19. The third kappa shape index (κ3) is 3.72. The predicted molar refractivity (Wildman–Crippen MR) is 105 cm³/mol. The molecule has 28 heavy (non-hydrogen) atoms. The first-order valence-corrected chi connectivity index (χ1v) is 9.24. The lowest BCUT2D eigenvalue weighted by atomic mass is 10.2. The Morgan fingerprint density at radius 3 is 3.04 bits per heavy atom. The van der Waals surface area contributed by atoms with Crippen LogP contribution >= 0.6 is 0 Å². The summed E-state index contributed by atoms with van der Waals surface area (Å²) in [6.45, 7) is 4.14. The number of aromatic nitrogens is 4. The minimum atomic E-state index is -0.429. The van der Waals surface area contributed by atoms with Crippen molar-refractivity contribution in [3.8, 4) is 0 Å². The number of ether oxygens (including phenoxy) is 1. The largest absolute Gasteiger partial charge is 0.376 e. The van der Waals surface area contributed by atoms with Gasteiger partial charge in [-0.15, -0.1) is 0 Å². The second kappa shape index (κ2) is 7.77. The summed E-state index contributed by atoms with van der Waals surface area (Å²) < 4.78 is 7.56. The number of nitro groups is 1. The fourth-order valence-electron chi connectivity index (χ4n) is 3.19. The number of imidazole rings is 1. The summed E-state index contributed by atoms with van der Waals surface area (Å²) in [6, 6.07) is 6.28. The minimum absolute atomic E-state index is 0.00566. The molecule has 1 fully saturated rings. The highest BCUT2D eigenvalue weighted by Gasteiger charge is 2.18. The number of nitrogens with zero attached hydrogens (tertiary/aromatic N) is 5. The van der Waals surface area contributed by atoms with Crippen LogP contribution in [0.15, 0.2) is 30.6 Å². The number of hydrogen-bond donors (Lipinski definition) is 2. The van der Waals surface area contributed by atoms with Gasteiger partial charge in [0.25, 0.3) is 5.69 Å². The van der Waals surface area contributed by atoms with E-state index >= 15 is 0 Å². The molecule has 1 atom stereocenters. The van der Waals surface area contributed by atoms with E-state index in [1.807, 2.05) is 11.5 Å². The fraction of sp³-hybridized carbons (Fsp3) is 0.389. The van der Waals surface area contributed by atoms with Crippen molar-refractivity contribution >= 4 is 34.3 Å². The molecule has 10 heteroatoms. The van der Waals surface area contributed by atoms with E-state index in [2.05, 4.69) is 25.6 Å². The number of fused-ring (bicyclic) bond motifs is 1. The van der Waals surface area contributed by atoms with Crippen LogP contribution in [-0.4, -0.2) is 43.7 Å². The van der Waals surface area contributed by atoms with Crippen LogP contribution < -0.4 is 10.6 Å². The zero-order chi connectivity index (χ0) is 19.5. The predicted octanol–water partition coefficient (Wildman–Crippen LogP) is 3.09. The second-order valence-corrected chi connectivity index (χ2v) is 6.55. The van der Waals surface area contributed by atoms with E-state index < -0.39 is 4.92 Å². The lowest BCUT2D eigenvalue weighted by Crippen LogP contribution is -2.20. The van der Waals surface area contributed by atoms with Gasteiger partial charge in [-0.2, -0.15) is 9.97 Å². The van der Waals surface area contributed by atoms with Gasteiger partial charge in [0.15, 0.2) is 17.0 Å². The van der Waals surface area contributed by atoms with Crippen molar-refractivity contribution in [1.29, 1.82) is 0 Å². The van der Waals surface area contributed by atoms with Crippen LogP contribution in [0, 0.1) is 10.1 Å². The van der Waals surface area contributed by atoms with E-state index in [-0.39, 0.29) is 11.8 Å². The van der Waals surface area contributed by atoms with Gasteiger partial charge < -0.3 is 19.9 Å². The van der Waals surface area contributed by atoms with Gasteiger partial charge in [0, 0.05) is 37.5 Å². The van der Waals surface area contributed by atoms with Crippen LogP contribution in [-0.2, 0) is 11.3 Å². The summed E-state index contributed by atoms with van der Waals surface area (Å²) in [5, 5.41) is 17.4. The lowest BCUT2D eigenvalue weighted by Gasteiger charge is -2.13. The summed E-state index contributed by atoms with van der Waals surface area (Å²) in [7, 11) is 0. The molecule has 2 aromatic heterocycles. The quantitative estimate of drug-likeness (QED) is 0.472. The molecule has 10 nitrogen and oxygen atoms in total. The number of aryl methyl sites for hydroxylation is 1. The van der Waals surface area contributed by atoms with Crippen molar-refractivity contribution in [2.75, 3.05) is 23.8 Å². The van der Waals surface area contributed by atoms with Gasteiger partial charge in [0.2, 0.25) is 5.95 Å². The molecule has 1 aromatic carbocycles. The maximum atomic E-state index is 11.0. The highest BCUT2D eigenvalue weighted by atomic mass is 16.6. The average Bonchev–Trinajstić information content (AvgIpc) is 3.36. The highest BCUT2D eigenvalue weighted by molar-refractivity contribution is 5.86. The molecule has 0 saturated carbocycles. The first-order valence-electron chi connectivity index (χ1n) is 9.24. The number of non-ortho nitro benzene ring substituents is 1. The zero-order valence-electron chi connectivity index (χ0n) is 15.5. The number of hydrogen-bond acceptors (Lipinski definition) is 8. The molecule has 0 aliphatic carbocycles. The van der Waals surface area contributed by atoms with Crippen LogP contribution in [0.5, 0.6) is 0 Å². The monoisotopic (exact) mass is 383 g/mol. The van der Waals surface area contributed by atoms with Gasteiger partial charge in [0.1, 0.15) is 0 Å². The zero-order valence-corrected chi connectivity index (χ0v) is 15.5. The Bertz CT molecular complexity index is 998. The number of rotatable bonds is 7. The summed E-state index contributed by atoms with van der Waals surface area (Å²) in [6.07, 6.45) is 3.94. The third-order valence-corrected chi connectivity index (χ3v) is 4.64. The molecule has 1 aliphatic rings. The van der Waals surface area contributed by atoms with Crippen LogP contribution in [0.1, 0.15) is 19.8 Å². The van der Waals surface area contributed by atoms with E-state index in [1.165, 1.54) is 12.1 Å². The van der Waals surface area contributed by atoms with E-state index in [4.69, 9.17) is 4.74 Å². The molecule has 146 valence electrons. The van der Waals surface area contributed by atoms with Crippen molar-refractivity contribution in [3.63, 3.8) is 0 Å². The Morgan fingerprint density at radius 2 is 2.29 bits per heavy atom. The number of nitro benzene ring substituents is 1. The molecule has 0 bridgehead atoms. The van der Waals surface area contributed by atoms with Gasteiger partial charge in [0.05, 0.1) is 17.4 Å². The topological polar surface area (TPSA) is 120 Å². The van der Waals surface area contributed by atoms with Crippen LogP contribution in [0.25, 0.3) is 11.2 Å². The Morgan fingerprint density at radius 1 is 1.39 bits per heavy atom. The van der Waals surface area contributed by atoms with Crippen LogP contribution in [0.2, 0.25) is 0 Å². The van der Waals surface area contributed by atoms with Crippen molar-refractivity contribution in [2.24, 2.45) is 0 Å². The van der Waals surface area contributed by atoms with Gasteiger partial charge in [-0.3, -0.25) is 10.1 Å². The van der Waals surface area contributed by atoms with Crippen LogP contribution in [0.3, 0.4) is 0 Å². The molecular formula is C18H21N7O3. The first-order chi connectivity index (χ1) is 13.6. The van der Waals surface area contributed by atoms with Gasteiger partial charge >= 0.3 is 0 Å². The van der Waals surface area contributed by atoms with E-state index in [1.54, 1.807) is 18.5 Å². The maximum absolute atomic E-state index is 11.0. The highest BCUT2D eigenvalue weighted by Crippen LogP contribution is 2.26. The summed E-state index contributed by atoms with van der Waals surface area (Å²) in [4.78, 5) is 24.2. The standard InChI is InChI=1S/C18H21N7O3/c1-2-24-11-20-15-16(21-12-5-3-6-13(9-12)25(26)27)22-18(23-17(15)24)19-10-14-7-4-8-28-14/h3,5-6,9,11,14H,2,4,7-8,10H2,1H3,(H2,19,21,22,23). The van der Waals surface area contributed by atoms with Gasteiger partial charge in [-0.05, 0) is 25.8 Å². The SMILES string of the molecule is CCn1cnc2c(Nc3cccc([N+](=O)[O-])c3)nc(NCC3CCCO3)nc21. The molecule has 0 radical (unpaired) electrons. The Hall–Kier alpha value is -3.27. The number of anilines is 3. The molecule has 1 aliphatic heterocycles. The normalized spacial score (nSPS) is 16.4. The summed E-state index contributed by atoms with van der Waals surface area (Å²) in [5.41, 5.74) is 1.87. The smallest absolute Gasteiger partial charge is 0.271 e. The van der Waals surface area contributed by atoms with E-state index in [0.717, 1.165) is 26.0 Å². The molecule has 4 rings (SSSR count). The Balaban J connectivity index is 1.66. The lowest BCUT2D eigenvalue weighted by molar-refractivity contribution is -0.384. The number of nitrogens with one attached hydrogen (secondary N) is 2. The third-order valence-electron chi connectivity index (χ3n) is 4.64. The molecule has 3 aromatic rings. The molecule has 2 N–H and O–H groups in total.